The van der Waals surface area contributed by atoms with E-state index in [9.17, 15) is 9.18 Å². The van der Waals surface area contributed by atoms with Crippen LogP contribution in [0, 0.1) is 5.82 Å². The second kappa shape index (κ2) is 5.32. The van der Waals surface area contributed by atoms with Crippen molar-refractivity contribution in [1.29, 1.82) is 0 Å². The molecule has 0 aliphatic heterocycles. The van der Waals surface area contributed by atoms with Gasteiger partial charge in [-0.15, -0.1) is 0 Å². The molecule has 0 radical (unpaired) electrons. The van der Waals surface area contributed by atoms with E-state index in [1.165, 1.54) is 18.2 Å². The van der Waals surface area contributed by atoms with Crippen molar-refractivity contribution in [3.05, 3.63) is 70.5 Å². The molecule has 92 valence electrons. The molecule has 0 N–H and O–H groups in total. The van der Waals surface area contributed by atoms with Crippen LogP contribution in [0.4, 0.5) is 4.39 Å². The Morgan fingerprint density at radius 1 is 1.17 bits per heavy atom. The number of rotatable bonds is 3. The molecule has 0 heterocycles. The molecule has 18 heavy (non-hydrogen) atoms. The van der Waals surface area contributed by atoms with Crippen molar-refractivity contribution in [3.63, 3.8) is 0 Å². The second-order valence-electron chi connectivity index (χ2n) is 4.12. The van der Waals surface area contributed by atoms with Crippen molar-refractivity contribution < 1.29 is 9.18 Å². The minimum absolute atomic E-state index is 0.175. The molecule has 0 aliphatic carbocycles. The number of ketones is 1. The Balaban J connectivity index is 2.34. The normalized spacial score (nSPS) is 12.2. The number of benzene rings is 2. The van der Waals surface area contributed by atoms with Crippen LogP contribution in [0.25, 0.3) is 0 Å². The molecule has 0 bridgehead atoms. The maximum absolute atomic E-state index is 13.2. The third-order valence-corrected chi connectivity index (χ3v) is 3.22. The quantitative estimate of drug-likeness (QED) is 0.746. The van der Waals surface area contributed by atoms with Crippen LogP contribution in [0.5, 0.6) is 0 Å². The molecule has 2 aromatic carbocycles. The Labute approximate surface area is 110 Å². The van der Waals surface area contributed by atoms with Crippen LogP contribution in [0.2, 0.25) is 5.02 Å². The van der Waals surface area contributed by atoms with Gasteiger partial charge in [0.05, 0.1) is 5.02 Å². The minimum atomic E-state index is -0.456. The average Bonchev–Trinajstić information content (AvgIpc) is 2.41. The summed E-state index contributed by atoms with van der Waals surface area (Å²) in [5, 5.41) is 0.282. The number of hydrogen-bond donors (Lipinski definition) is 0. The fourth-order valence-electron chi connectivity index (χ4n) is 1.81. The Morgan fingerprint density at radius 2 is 1.83 bits per heavy atom. The van der Waals surface area contributed by atoms with Gasteiger partial charge in [0.15, 0.2) is 5.78 Å². The topological polar surface area (TPSA) is 17.1 Å². The van der Waals surface area contributed by atoms with E-state index < -0.39 is 5.82 Å². The summed E-state index contributed by atoms with van der Waals surface area (Å²) in [4.78, 5) is 12.3. The van der Waals surface area contributed by atoms with Gasteiger partial charge in [-0.05, 0) is 23.8 Å². The van der Waals surface area contributed by atoms with Crippen molar-refractivity contribution in [1.82, 2.24) is 0 Å². The lowest BCUT2D eigenvalue weighted by molar-refractivity contribution is 0.0966. The average molecular weight is 263 g/mol. The fraction of sp³-hybridized carbons (Fsp3) is 0.133. The lowest BCUT2D eigenvalue weighted by Crippen LogP contribution is -2.10. The molecule has 0 fully saturated rings. The molecule has 0 saturated carbocycles. The number of hydrogen-bond acceptors (Lipinski definition) is 1. The molecular formula is C15H12ClFO. The first-order valence-electron chi connectivity index (χ1n) is 5.64. The highest BCUT2D eigenvalue weighted by molar-refractivity contribution is 6.34. The third kappa shape index (κ3) is 2.59. The largest absolute Gasteiger partial charge is 0.293 e. The van der Waals surface area contributed by atoms with E-state index in [-0.39, 0.29) is 22.3 Å². The molecule has 2 aromatic rings. The number of Topliss-reactive ketones (excluding diaryl/α,β-unsaturated/α-hetero) is 1. The summed E-state index contributed by atoms with van der Waals surface area (Å²) in [6, 6.07) is 13.2. The zero-order valence-corrected chi connectivity index (χ0v) is 10.6. The lowest BCUT2D eigenvalue weighted by atomic mass is 9.92. The van der Waals surface area contributed by atoms with Gasteiger partial charge in [-0.3, -0.25) is 4.79 Å². The van der Waals surface area contributed by atoms with Crippen molar-refractivity contribution in [2.45, 2.75) is 12.8 Å². The van der Waals surface area contributed by atoms with Crippen LogP contribution >= 0.6 is 11.6 Å². The monoisotopic (exact) mass is 262 g/mol. The first-order chi connectivity index (χ1) is 8.59. The molecule has 1 unspecified atom stereocenters. The van der Waals surface area contributed by atoms with Crippen LogP contribution in [-0.2, 0) is 0 Å². The van der Waals surface area contributed by atoms with E-state index >= 15 is 0 Å². The molecule has 0 spiro atoms. The van der Waals surface area contributed by atoms with Crippen LogP contribution in [0.15, 0.2) is 48.5 Å². The molecular weight excluding hydrogens is 251 g/mol. The molecule has 1 atom stereocenters. The van der Waals surface area contributed by atoms with Gasteiger partial charge in [0.2, 0.25) is 0 Å². The zero-order valence-electron chi connectivity index (χ0n) is 9.86. The van der Waals surface area contributed by atoms with Gasteiger partial charge in [0, 0.05) is 11.5 Å². The van der Waals surface area contributed by atoms with Gasteiger partial charge in [0.25, 0.3) is 0 Å². The van der Waals surface area contributed by atoms with Gasteiger partial charge >= 0.3 is 0 Å². The van der Waals surface area contributed by atoms with E-state index in [0.29, 0.717) is 0 Å². The number of carbonyl (C=O) groups excluding carboxylic acids is 1. The molecule has 2 rings (SSSR count). The molecule has 0 aromatic heterocycles. The van der Waals surface area contributed by atoms with Crippen molar-refractivity contribution in [2.75, 3.05) is 0 Å². The SMILES string of the molecule is CC(C(=O)c1cc(F)ccc1Cl)c1ccccc1. The smallest absolute Gasteiger partial charge is 0.171 e. The summed E-state index contributed by atoms with van der Waals surface area (Å²) in [5.74, 6) is -0.973. The Bertz CT molecular complexity index is 566. The molecule has 0 aliphatic rings. The first-order valence-corrected chi connectivity index (χ1v) is 6.01. The van der Waals surface area contributed by atoms with E-state index in [0.717, 1.165) is 5.56 Å². The fourth-order valence-corrected chi connectivity index (χ4v) is 2.02. The Kier molecular flexibility index (Phi) is 3.78. The second-order valence-corrected chi connectivity index (χ2v) is 4.53. The van der Waals surface area contributed by atoms with Gasteiger partial charge in [0.1, 0.15) is 5.82 Å². The summed E-state index contributed by atoms with van der Waals surface area (Å²) in [6.07, 6.45) is 0. The molecule has 1 nitrogen and oxygen atoms in total. The van der Waals surface area contributed by atoms with Crippen molar-refractivity contribution in [3.8, 4) is 0 Å². The van der Waals surface area contributed by atoms with Crippen molar-refractivity contribution in [2.24, 2.45) is 0 Å². The summed E-state index contributed by atoms with van der Waals surface area (Å²) < 4.78 is 13.2. The van der Waals surface area contributed by atoms with Gasteiger partial charge in [-0.2, -0.15) is 0 Å². The highest BCUT2D eigenvalue weighted by atomic mass is 35.5. The van der Waals surface area contributed by atoms with Gasteiger partial charge in [-0.1, -0.05) is 48.9 Å². The molecule has 0 saturated heterocycles. The van der Waals surface area contributed by atoms with Crippen LogP contribution < -0.4 is 0 Å². The van der Waals surface area contributed by atoms with Gasteiger partial charge < -0.3 is 0 Å². The summed E-state index contributed by atoms with van der Waals surface area (Å²) in [6.45, 7) is 1.79. The predicted octanol–water partition coefficient (Wildman–Crippen LogP) is 4.47. The number of halogens is 2. The van der Waals surface area contributed by atoms with E-state index in [1.54, 1.807) is 6.92 Å². The van der Waals surface area contributed by atoms with Crippen LogP contribution in [0.3, 0.4) is 0 Å². The first kappa shape index (κ1) is 12.8. The summed E-state index contributed by atoms with van der Waals surface area (Å²) in [7, 11) is 0. The van der Waals surface area contributed by atoms with E-state index in [4.69, 9.17) is 11.6 Å². The molecule has 0 amide bonds. The lowest BCUT2D eigenvalue weighted by Gasteiger charge is -2.12. The van der Waals surface area contributed by atoms with E-state index in [2.05, 4.69) is 0 Å². The number of carbonyl (C=O) groups is 1. The Morgan fingerprint density at radius 3 is 2.50 bits per heavy atom. The van der Waals surface area contributed by atoms with Crippen LogP contribution in [0.1, 0.15) is 28.8 Å². The summed E-state index contributed by atoms with van der Waals surface area (Å²) >= 11 is 5.94. The highest BCUT2D eigenvalue weighted by Crippen LogP contribution is 2.25. The Hall–Kier alpha value is -1.67. The van der Waals surface area contributed by atoms with E-state index in [1.807, 2.05) is 30.3 Å². The van der Waals surface area contributed by atoms with Gasteiger partial charge in [-0.25, -0.2) is 4.39 Å². The minimum Gasteiger partial charge on any atom is -0.293 e. The maximum Gasteiger partial charge on any atom is 0.171 e. The standard InChI is InChI=1S/C15H12ClFO/c1-10(11-5-3-2-4-6-11)15(18)13-9-12(17)7-8-14(13)16/h2-10H,1H3. The predicted molar refractivity (Wildman–Crippen MR) is 70.6 cm³/mol. The van der Waals surface area contributed by atoms with Crippen LogP contribution in [-0.4, -0.2) is 5.78 Å². The third-order valence-electron chi connectivity index (χ3n) is 2.89. The zero-order chi connectivity index (χ0) is 13.1. The summed E-state index contributed by atoms with van der Waals surface area (Å²) in [5.41, 5.74) is 1.12. The maximum atomic E-state index is 13.2. The highest BCUT2D eigenvalue weighted by Gasteiger charge is 2.19. The van der Waals surface area contributed by atoms with Crippen molar-refractivity contribution >= 4 is 17.4 Å². The molecule has 3 heteroatoms.